The van der Waals surface area contributed by atoms with Gasteiger partial charge in [-0.3, -0.25) is 4.99 Å². The van der Waals surface area contributed by atoms with Crippen LogP contribution in [0.3, 0.4) is 0 Å². The van der Waals surface area contributed by atoms with Crippen molar-refractivity contribution in [3.05, 3.63) is 90.6 Å². The average Bonchev–Trinajstić information content (AvgIpc) is 3.27. The fraction of sp³-hybridized carbons (Fsp3) is 0.269. The third-order valence-electron chi connectivity index (χ3n) is 6.74. The summed E-state index contributed by atoms with van der Waals surface area (Å²) in [5.74, 6) is 1.12. The highest BCUT2D eigenvalue weighted by Gasteiger charge is 2.28. The third-order valence-corrected chi connectivity index (χ3v) is 6.74. The summed E-state index contributed by atoms with van der Waals surface area (Å²) in [6.07, 6.45) is 21.0. The van der Waals surface area contributed by atoms with Crippen molar-refractivity contribution in [2.45, 2.75) is 24.7 Å². The molecule has 2 aromatic heterocycles. The van der Waals surface area contributed by atoms with E-state index >= 15 is 0 Å². The van der Waals surface area contributed by atoms with Gasteiger partial charge in [0.05, 0.1) is 6.20 Å². The van der Waals surface area contributed by atoms with E-state index in [9.17, 15) is 0 Å². The van der Waals surface area contributed by atoms with Crippen LogP contribution >= 0.6 is 0 Å². The molecule has 1 fully saturated rings. The number of aromatic nitrogens is 3. The molecule has 31 heavy (non-hydrogen) atoms. The van der Waals surface area contributed by atoms with E-state index in [1.54, 1.807) is 0 Å². The summed E-state index contributed by atoms with van der Waals surface area (Å²) in [6.45, 7) is 2.23. The van der Waals surface area contributed by atoms with E-state index in [0.29, 0.717) is 5.92 Å². The highest BCUT2D eigenvalue weighted by Crippen LogP contribution is 2.35. The van der Waals surface area contributed by atoms with Crippen molar-refractivity contribution in [3.8, 4) is 11.1 Å². The number of rotatable bonds is 3. The van der Waals surface area contributed by atoms with Gasteiger partial charge in [0.15, 0.2) is 5.65 Å². The molecule has 2 aliphatic heterocycles. The minimum Gasteiger partial charge on any atom is -0.317 e. The Morgan fingerprint density at radius 2 is 1.77 bits per heavy atom. The third kappa shape index (κ3) is 3.35. The predicted octanol–water partition coefficient (Wildman–Crippen LogP) is 4.66. The zero-order chi connectivity index (χ0) is 20.6. The Bertz CT molecular complexity index is 1220. The van der Waals surface area contributed by atoms with Gasteiger partial charge in [0, 0.05) is 47.3 Å². The SMILES string of the molecule is C1=CC2=NC=CC(c3cnn4cc(-c5ccc(C6CCNCC6)cc5)cnc34)C2C=C1. The first-order valence-electron chi connectivity index (χ1n) is 11.1. The maximum Gasteiger partial charge on any atom is 0.158 e. The summed E-state index contributed by atoms with van der Waals surface area (Å²) in [7, 11) is 0. The molecule has 1 N–H and O–H groups in total. The lowest BCUT2D eigenvalue weighted by molar-refractivity contribution is 0.460. The van der Waals surface area contributed by atoms with Crippen LogP contribution in [0.25, 0.3) is 16.8 Å². The van der Waals surface area contributed by atoms with Crippen molar-refractivity contribution in [2.75, 3.05) is 13.1 Å². The highest BCUT2D eigenvalue weighted by molar-refractivity contribution is 6.01. The maximum absolute atomic E-state index is 4.82. The first kappa shape index (κ1) is 18.5. The number of benzene rings is 1. The highest BCUT2D eigenvalue weighted by atomic mass is 15.2. The fourth-order valence-corrected chi connectivity index (χ4v) is 5.00. The maximum atomic E-state index is 4.82. The summed E-state index contributed by atoms with van der Waals surface area (Å²) in [6, 6.07) is 8.99. The molecule has 3 aliphatic rings. The topological polar surface area (TPSA) is 54.6 Å². The Labute approximate surface area is 181 Å². The smallest absolute Gasteiger partial charge is 0.158 e. The quantitative estimate of drug-likeness (QED) is 0.687. The van der Waals surface area contributed by atoms with Gasteiger partial charge in [-0.15, -0.1) is 0 Å². The molecule has 154 valence electrons. The van der Waals surface area contributed by atoms with Crippen LogP contribution in [-0.2, 0) is 0 Å². The van der Waals surface area contributed by atoms with Crippen molar-refractivity contribution in [2.24, 2.45) is 10.9 Å². The standard InChI is InChI=1S/C26H25N5/c1-2-4-25-23(3-1)22(11-14-28-25)24-16-30-31-17-21(15-29-26(24)31)19-7-5-18(6-8-19)20-9-12-27-13-10-20/h1-8,11,14-17,20,22-23,27H,9-10,12-13H2. The van der Waals surface area contributed by atoms with Crippen LogP contribution in [0.5, 0.6) is 0 Å². The van der Waals surface area contributed by atoms with Gasteiger partial charge in [-0.05, 0) is 49.1 Å². The van der Waals surface area contributed by atoms with Crippen LogP contribution in [0.15, 0.2) is 84.4 Å². The van der Waals surface area contributed by atoms with Crippen LogP contribution in [0, 0.1) is 5.92 Å². The summed E-state index contributed by atoms with van der Waals surface area (Å²) in [4.78, 5) is 9.35. The zero-order valence-corrected chi connectivity index (χ0v) is 17.4. The second-order valence-electron chi connectivity index (χ2n) is 8.55. The Morgan fingerprint density at radius 3 is 2.65 bits per heavy atom. The van der Waals surface area contributed by atoms with Crippen molar-refractivity contribution in [1.82, 2.24) is 19.9 Å². The fourth-order valence-electron chi connectivity index (χ4n) is 5.00. The van der Waals surface area contributed by atoms with Gasteiger partial charge in [-0.2, -0.15) is 5.10 Å². The lowest BCUT2D eigenvalue weighted by atomic mass is 9.80. The molecule has 0 saturated carbocycles. The molecule has 2 atom stereocenters. The molecular formula is C26H25N5. The van der Waals surface area contributed by atoms with E-state index in [0.717, 1.165) is 35.6 Å². The van der Waals surface area contributed by atoms with E-state index in [-0.39, 0.29) is 11.8 Å². The van der Waals surface area contributed by atoms with E-state index in [1.165, 1.54) is 24.0 Å². The average molecular weight is 408 g/mol. The van der Waals surface area contributed by atoms with Crippen molar-refractivity contribution in [1.29, 1.82) is 0 Å². The number of allylic oxidation sites excluding steroid dienone is 5. The van der Waals surface area contributed by atoms with Crippen LogP contribution in [-0.4, -0.2) is 33.4 Å². The molecule has 4 heterocycles. The zero-order valence-electron chi connectivity index (χ0n) is 17.4. The van der Waals surface area contributed by atoms with Crippen molar-refractivity contribution < 1.29 is 0 Å². The molecule has 5 heteroatoms. The molecule has 6 rings (SSSR count). The Morgan fingerprint density at radius 1 is 0.903 bits per heavy atom. The Hall–Kier alpha value is -3.31. The molecule has 1 saturated heterocycles. The molecule has 0 amide bonds. The van der Waals surface area contributed by atoms with Gasteiger partial charge in [0.2, 0.25) is 0 Å². The van der Waals surface area contributed by atoms with Crippen LogP contribution < -0.4 is 5.32 Å². The van der Waals surface area contributed by atoms with Crippen molar-refractivity contribution >= 4 is 11.4 Å². The molecule has 1 aliphatic carbocycles. The molecule has 3 aromatic rings. The van der Waals surface area contributed by atoms with Gasteiger partial charge in [-0.1, -0.05) is 48.6 Å². The number of aliphatic imine (C=N–C) groups is 1. The minimum absolute atomic E-state index is 0.203. The van der Waals surface area contributed by atoms with Crippen LogP contribution in [0.4, 0.5) is 0 Å². The van der Waals surface area contributed by atoms with Crippen LogP contribution in [0.2, 0.25) is 0 Å². The molecule has 2 unspecified atom stereocenters. The van der Waals surface area contributed by atoms with E-state index in [1.807, 2.05) is 29.2 Å². The van der Waals surface area contributed by atoms with E-state index < -0.39 is 0 Å². The molecule has 1 aromatic carbocycles. The first-order valence-corrected chi connectivity index (χ1v) is 11.1. The number of nitrogens with one attached hydrogen (secondary N) is 1. The van der Waals surface area contributed by atoms with Gasteiger partial charge in [0.1, 0.15) is 0 Å². The van der Waals surface area contributed by atoms with Gasteiger partial charge in [0.25, 0.3) is 0 Å². The Balaban J connectivity index is 1.29. The number of hydrogen-bond donors (Lipinski definition) is 1. The number of fused-ring (bicyclic) bond motifs is 2. The molecular weight excluding hydrogens is 382 g/mol. The number of nitrogens with zero attached hydrogens (tertiary/aromatic N) is 4. The lowest BCUT2D eigenvalue weighted by Crippen LogP contribution is -2.26. The van der Waals surface area contributed by atoms with Gasteiger partial charge >= 0.3 is 0 Å². The monoisotopic (exact) mass is 407 g/mol. The normalized spacial score (nSPS) is 23.2. The summed E-state index contributed by atoms with van der Waals surface area (Å²) in [5, 5.41) is 8.08. The van der Waals surface area contributed by atoms with Crippen LogP contribution in [0.1, 0.15) is 35.8 Å². The Kier molecular flexibility index (Phi) is 4.61. The largest absolute Gasteiger partial charge is 0.317 e. The van der Waals surface area contributed by atoms with Gasteiger partial charge < -0.3 is 5.32 Å². The first-order chi connectivity index (χ1) is 15.4. The molecule has 5 nitrogen and oxygen atoms in total. The van der Waals surface area contributed by atoms with E-state index in [2.05, 4.69) is 70.2 Å². The second-order valence-corrected chi connectivity index (χ2v) is 8.55. The van der Waals surface area contributed by atoms with E-state index in [4.69, 9.17) is 4.98 Å². The predicted molar refractivity (Wildman–Crippen MR) is 124 cm³/mol. The summed E-state index contributed by atoms with van der Waals surface area (Å²) < 4.78 is 1.91. The molecule has 0 radical (unpaired) electrons. The number of hydrogen-bond acceptors (Lipinski definition) is 4. The molecule has 0 spiro atoms. The second kappa shape index (κ2) is 7.75. The summed E-state index contributed by atoms with van der Waals surface area (Å²) >= 11 is 0. The number of piperidine rings is 1. The lowest BCUT2D eigenvalue weighted by Gasteiger charge is -2.25. The molecule has 0 bridgehead atoms. The summed E-state index contributed by atoms with van der Waals surface area (Å²) in [5.41, 5.74) is 6.85. The van der Waals surface area contributed by atoms with Gasteiger partial charge in [-0.25, -0.2) is 9.50 Å². The van der Waals surface area contributed by atoms with Crippen molar-refractivity contribution in [3.63, 3.8) is 0 Å². The minimum atomic E-state index is 0.203.